The normalized spacial score (nSPS) is 13.1. The fourth-order valence-electron chi connectivity index (χ4n) is 2.13. The Morgan fingerprint density at radius 2 is 1.91 bits per heavy atom. The zero-order chi connectivity index (χ0) is 16.9. The maximum absolute atomic E-state index is 12.3. The average Bonchev–Trinajstić information content (AvgIpc) is 2.37. The number of carbonyl (C=O) groups is 1. The van der Waals surface area contributed by atoms with E-state index in [-0.39, 0.29) is 22.5 Å². The van der Waals surface area contributed by atoms with Crippen LogP contribution in [0.3, 0.4) is 0 Å². The van der Waals surface area contributed by atoms with Gasteiger partial charge in [0.25, 0.3) is 0 Å². The van der Waals surface area contributed by atoms with E-state index >= 15 is 0 Å². The number of aromatic carboxylic acids is 1. The van der Waals surface area contributed by atoms with Gasteiger partial charge in [-0.1, -0.05) is 13.3 Å². The maximum atomic E-state index is 12.3. The first-order valence-electron chi connectivity index (χ1n) is 7.33. The van der Waals surface area contributed by atoms with E-state index in [1.54, 1.807) is 6.92 Å². The average molecular weight is 328 g/mol. The predicted molar refractivity (Wildman–Crippen MR) is 86.9 cm³/mol. The fourth-order valence-corrected chi connectivity index (χ4v) is 3.43. The standard InChI is InChI=1S/C15H24N2O4S/c1-5-6-11(4)17-22(20,21)12-7-8-14(16-10(2)3)13(9-12)15(18)19/h7-11,16-17H,5-6H2,1-4H3,(H,18,19)/t11-/m1/s1. The van der Waals surface area contributed by atoms with Crippen molar-refractivity contribution < 1.29 is 18.3 Å². The molecule has 0 aliphatic carbocycles. The van der Waals surface area contributed by atoms with E-state index in [0.717, 1.165) is 12.8 Å². The first-order chi connectivity index (χ1) is 10.2. The van der Waals surface area contributed by atoms with E-state index in [1.807, 2.05) is 20.8 Å². The predicted octanol–water partition coefficient (Wildman–Crippen LogP) is 2.67. The van der Waals surface area contributed by atoms with Gasteiger partial charge in [0.05, 0.1) is 10.5 Å². The Hall–Kier alpha value is -1.60. The van der Waals surface area contributed by atoms with Gasteiger partial charge in [-0.25, -0.2) is 17.9 Å². The second-order valence-corrected chi connectivity index (χ2v) is 7.34. The number of carboxylic acids is 1. The molecule has 1 rings (SSSR count). The molecule has 3 N–H and O–H groups in total. The summed E-state index contributed by atoms with van der Waals surface area (Å²) in [5, 5.41) is 12.3. The number of benzene rings is 1. The molecule has 1 aromatic rings. The highest BCUT2D eigenvalue weighted by Gasteiger charge is 2.20. The van der Waals surface area contributed by atoms with E-state index in [1.165, 1.54) is 18.2 Å². The van der Waals surface area contributed by atoms with Gasteiger partial charge >= 0.3 is 5.97 Å². The summed E-state index contributed by atoms with van der Waals surface area (Å²) in [5.41, 5.74) is 0.350. The Labute approximate surface area is 132 Å². The molecule has 0 saturated carbocycles. The van der Waals surface area contributed by atoms with Gasteiger partial charge in [-0.2, -0.15) is 0 Å². The van der Waals surface area contributed by atoms with Gasteiger partial charge < -0.3 is 10.4 Å². The molecule has 0 aromatic heterocycles. The zero-order valence-electron chi connectivity index (χ0n) is 13.4. The van der Waals surface area contributed by atoms with E-state index in [4.69, 9.17) is 0 Å². The molecule has 22 heavy (non-hydrogen) atoms. The Kier molecular flexibility index (Phi) is 6.37. The lowest BCUT2D eigenvalue weighted by atomic mass is 10.1. The summed E-state index contributed by atoms with van der Waals surface area (Å²) < 4.78 is 27.2. The Morgan fingerprint density at radius 3 is 2.41 bits per heavy atom. The smallest absolute Gasteiger partial charge is 0.337 e. The van der Waals surface area contributed by atoms with E-state index in [0.29, 0.717) is 5.69 Å². The van der Waals surface area contributed by atoms with Crippen molar-refractivity contribution in [1.29, 1.82) is 0 Å². The van der Waals surface area contributed by atoms with Gasteiger partial charge in [-0.3, -0.25) is 0 Å². The Bertz CT molecular complexity index is 626. The van der Waals surface area contributed by atoms with Crippen molar-refractivity contribution in [2.24, 2.45) is 0 Å². The van der Waals surface area contributed by atoms with Crippen LogP contribution in [0.2, 0.25) is 0 Å². The van der Waals surface area contributed by atoms with Crippen LogP contribution in [-0.4, -0.2) is 31.6 Å². The summed E-state index contributed by atoms with van der Waals surface area (Å²) in [6.45, 7) is 7.52. The SMILES string of the molecule is CCC[C@@H](C)NS(=O)(=O)c1ccc(NC(C)C)c(C(=O)O)c1. The van der Waals surface area contributed by atoms with Crippen molar-refractivity contribution in [3.05, 3.63) is 23.8 Å². The van der Waals surface area contributed by atoms with Crippen molar-refractivity contribution in [2.75, 3.05) is 5.32 Å². The Morgan fingerprint density at radius 1 is 1.27 bits per heavy atom. The number of nitrogens with one attached hydrogen (secondary N) is 2. The van der Waals surface area contributed by atoms with Crippen LogP contribution in [0, 0.1) is 0 Å². The number of rotatable bonds is 8. The zero-order valence-corrected chi connectivity index (χ0v) is 14.2. The van der Waals surface area contributed by atoms with Gasteiger partial charge in [0, 0.05) is 17.8 Å². The second kappa shape index (κ2) is 7.60. The summed E-state index contributed by atoms with van der Waals surface area (Å²) in [6.07, 6.45) is 1.58. The number of sulfonamides is 1. The lowest BCUT2D eigenvalue weighted by Gasteiger charge is -2.16. The minimum atomic E-state index is -3.72. The minimum Gasteiger partial charge on any atom is -0.478 e. The number of anilines is 1. The molecule has 0 aliphatic rings. The molecule has 0 spiro atoms. The highest BCUT2D eigenvalue weighted by Crippen LogP contribution is 2.22. The summed E-state index contributed by atoms with van der Waals surface area (Å²) in [7, 11) is -3.72. The summed E-state index contributed by atoms with van der Waals surface area (Å²) in [5.74, 6) is -1.16. The van der Waals surface area contributed by atoms with Crippen LogP contribution in [-0.2, 0) is 10.0 Å². The van der Waals surface area contributed by atoms with Crippen LogP contribution in [0.5, 0.6) is 0 Å². The topological polar surface area (TPSA) is 95.5 Å². The molecule has 1 atom stereocenters. The Balaban J connectivity index is 3.15. The van der Waals surface area contributed by atoms with E-state index in [2.05, 4.69) is 10.0 Å². The van der Waals surface area contributed by atoms with Crippen LogP contribution < -0.4 is 10.0 Å². The molecule has 124 valence electrons. The number of hydrogen-bond donors (Lipinski definition) is 3. The lowest BCUT2D eigenvalue weighted by molar-refractivity contribution is 0.0697. The molecule has 0 aliphatic heterocycles. The monoisotopic (exact) mass is 328 g/mol. The highest BCUT2D eigenvalue weighted by molar-refractivity contribution is 7.89. The largest absolute Gasteiger partial charge is 0.478 e. The maximum Gasteiger partial charge on any atom is 0.337 e. The number of hydrogen-bond acceptors (Lipinski definition) is 4. The third-order valence-corrected chi connectivity index (χ3v) is 4.64. The van der Waals surface area contributed by atoms with Crippen molar-refractivity contribution in [3.63, 3.8) is 0 Å². The minimum absolute atomic E-state index is 0.0397. The fraction of sp³-hybridized carbons (Fsp3) is 0.533. The third kappa shape index (κ3) is 4.99. The molecular weight excluding hydrogens is 304 g/mol. The molecule has 0 saturated heterocycles. The van der Waals surface area contributed by atoms with Crippen LogP contribution in [0.25, 0.3) is 0 Å². The molecule has 0 bridgehead atoms. The van der Waals surface area contributed by atoms with Crippen LogP contribution in [0.15, 0.2) is 23.1 Å². The van der Waals surface area contributed by atoms with Crippen molar-refractivity contribution in [2.45, 2.75) is 57.5 Å². The molecule has 0 fully saturated rings. The third-order valence-electron chi connectivity index (χ3n) is 3.05. The van der Waals surface area contributed by atoms with Gasteiger partial charge in [0.1, 0.15) is 0 Å². The van der Waals surface area contributed by atoms with Crippen molar-refractivity contribution >= 4 is 21.7 Å². The molecule has 7 heteroatoms. The van der Waals surface area contributed by atoms with E-state index in [9.17, 15) is 18.3 Å². The van der Waals surface area contributed by atoms with Crippen LogP contribution in [0.1, 0.15) is 50.9 Å². The van der Waals surface area contributed by atoms with Crippen LogP contribution >= 0.6 is 0 Å². The van der Waals surface area contributed by atoms with Gasteiger partial charge in [-0.05, 0) is 45.4 Å². The molecule has 0 heterocycles. The summed E-state index contributed by atoms with van der Waals surface area (Å²) in [6, 6.07) is 3.94. The molecule has 1 aromatic carbocycles. The van der Waals surface area contributed by atoms with Crippen LogP contribution in [0.4, 0.5) is 5.69 Å². The molecule has 0 unspecified atom stereocenters. The van der Waals surface area contributed by atoms with Crippen molar-refractivity contribution in [3.8, 4) is 0 Å². The van der Waals surface area contributed by atoms with Gasteiger partial charge in [-0.15, -0.1) is 0 Å². The van der Waals surface area contributed by atoms with Gasteiger partial charge in [0.15, 0.2) is 0 Å². The second-order valence-electron chi connectivity index (χ2n) is 5.62. The summed E-state index contributed by atoms with van der Waals surface area (Å²) >= 11 is 0. The summed E-state index contributed by atoms with van der Waals surface area (Å²) in [4.78, 5) is 11.3. The molecule has 0 amide bonds. The number of carboxylic acid groups (broad SMARTS) is 1. The quantitative estimate of drug-likeness (QED) is 0.682. The van der Waals surface area contributed by atoms with Gasteiger partial charge in [0.2, 0.25) is 10.0 Å². The highest BCUT2D eigenvalue weighted by atomic mass is 32.2. The molecule has 6 nitrogen and oxygen atoms in total. The van der Waals surface area contributed by atoms with E-state index < -0.39 is 16.0 Å². The van der Waals surface area contributed by atoms with Crippen molar-refractivity contribution in [1.82, 2.24) is 4.72 Å². The molecular formula is C15H24N2O4S. The first-order valence-corrected chi connectivity index (χ1v) is 8.82. The lowest BCUT2D eigenvalue weighted by Crippen LogP contribution is -2.32. The molecule has 0 radical (unpaired) electrons. The first kappa shape index (κ1) is 18.4.